The topological polar surface area (TPSA) is 100 Å². The molecule has 0 unspecified atom stereocenters. The van der Waals surface area contributed by atoms with E-state index in [1.54, 1.807) is 18.2 Å². The molecule has 3 rings (SSSR count). The van der Waals surface area contributed by atoms with E-state index in [2.05, 4.69) is 31.1 Å². The number of carboxylic acid groups (broad SMARTS) is 1. The van der Waals surface area contributed by atoms with Gasteiger partial charge in [-0.3, -0.25) is 0 Å². The van der Waals surface area contributed by atoms with Crippen LogP contribution in [0.5, 0.6) is 0 Å². The maximum Gasteiger partial charge on any atom is 0.348 e. The Hall–Kier alpha value is -2.13. The second-order valence-electron chi connectivity index (χ2n) is 4.03. The van der Waals surface area contributed by atoms with Gasteiger partial charge in [0.25, 0.3) is 0 Å². The Balaban J connectivity index is 2.03. The zero-order valence-electron chi connectivity index (χ0n) is 10.3. The van der Waals surface area contributed by atoms with Crippen molar-refractivity contribution in [3.63, 3.8) is 0 Å². The molecule has 0 radical (unpaired) electrons. The van der Waals surface area contributed by atoms with E-state index in [4.69, 9.17) is 0 Å². The molecule has 3 aromatic rings. The van der Waals surface area contributed by atoms with Crippen LogP contribution in [-0.4, -0.2) is 30.7 Å². The van der Waals surface area contributed by atoms with Crippen LogP contribution in [0.1, 0.15) is 10.4 Å². The van der Waals surface area contributed by atoms with Gasteiger partial charge < -0.3 is 5.11 Å². The third-order valence-corrected chi connectivity index (χ3v) is 4.16. The first kappa shape index (κ1) is 13.8. The van der Waals surface area contributed by atoms with Crippen LogP contribution >= 0.6 is 27.7 Å². The number of H-pyrrole nitrogens is 1. The third kappa shape index (κ3) is 2.69. The van der Waals surface area contributed by atoms with E-state index in [1.807, 2.05) is 0 Å². The van der Waals surface area contributed by atoms with Gasteiger partial charge in [-0.25, -0.2) is 24.1 Å². The van der Waals surface area contributed by atoms with Crippen LogP contribution in [0, 0.1) is 0 Å². The quantitative estimate of drug-likeness (QED) is 0.687. The number of aromatic nitrogens is 4. The minimum Gasteiger partial charge on any atom is -0.478 e. The molecule has 2 N–H and O–H groups in total. The van der Waals surface area contributed by atoms with Crippen molar-refractivity contribution in [3.8, 4) is 0 Å². The first-order chi connectivity index (χ1) is 10.0. The van der Waals surface area contributed by atoms with Crippen molar-refractivity contribution in [1.82, 2.24) is 19.6 Å². The lowest BCUT2D eigenvalue weighted by atomic mass is 10.2. The lowest BCUT2D eigenvalue weighted by Crippen LogP contribution is -2.09. The second kappa shape index (κ2) is 5.34. The fourth-order valence-electron chi connectivity index (χ4n) is 1.72. The lowest BCUT2D eigenvalue weighted by Gasteiger charge is -2.06. The predicted molar refractivity (Wildman–Crippen MR) is 78.8 cm³/mol. The molecule has 0 aliphatic carbocycles. The van der Waals surface area contributed by atoms with Crippen LogP contribution in [0.4, 0.5) is 0 Å². The number of benzene rings is 1. The van der Waals surface area contributed by atoms with Crippen molar-refractivity contribution in [3.05, 3.63) is 51.1 Å². The number of fused-ring (bicyclic) bond motifs is 1. The summed E-state index contributed by atoms with van der Waals surface area (Å²) in [5.74, 6) is -1.01. The van der Waals surface area contributed by atoms with E-state index < -0.39 is 5.97 Å². The van der Waals surface area contributed by atoms with Crippen molar-refractivity contribution < 1.29 is 9.90 Å². The maximum atomic E-state index is 11.4. The lowest BCUT2D eigenvalue weighted by molar-refractivity contribution is 0.0693. The molecule has 0 amide bonds. The molecule has 2 aromatic heterocycles. The number of hydrogen-bond donors (Lipinski definition) is 2. The molecule has 0 bridgehead atoms. The van der Waals surface area contributed by atoms with Crippen molar-refractivity contribution >= 4 is 39.3 Å². The Bertz CT molecular complexity index is 905. The molecular weight excluding hydrogens is 360 g/mol. The minimum atomic E-state index is -1.01. The first-order valence-electron chi connectivity index (χ1n) is 5.68. The molecule has 2 heterocycles. The van der Waals surface area contributed by atoms with Crippen LogP contribution in [0.2, 0.25) is 0 Å². The largest absolute Gasteiger partial charge is 0.478 e. The van der Waals surface area contributed by atoms with Gasteiger partial charge in [-0.2, -0.15) is 5.10 Å². The van der Waals surface area contributed by atoms with Crippen molar-refractivity contribution in [1.29, 1.82) is 0 Å². The van der Waals surface area contributed by atoms with Crippen LogP contribution in [-0.2, 0) is 0 Å². The number of nitrogens with zero attached hydrogens (tertiary/aromatic N) is 3. The van der Waals surface area contributed by atoms with Crippen molar-refractivity contribution in [2.75, 3.05) is 0 Å². The number of aromatic carboxylic acids is 1. The standard InChI is InChI=1S/C12H7BrN4O3S/c13-6-1-2-7(11(18)19)8(3-6)21-10-4-9-15-16-12(20)17(9)5-14-10/h1-5H,(H,16,20)(H,18,19). The number of rotatable bonds is 3. The molecule has 0 atom stereocenters. The molecule has 0 aliphatic rings. The van der Waals surface area contributed by atoms with E-state index in [0.717, 1.165) is 4.47 Å². The Morgan fingerprint density at radius 2 is 2.19 bits per heavy atom. The van der Waals surface area contributed by atoms with Gasteiger partial charge in [0.05, 0.1) is 5.56 Å². The van der Waals surface area contributed by atoms with Crippen molar-refractivity contribution in [2.24, 2.45) is 0 Å². The highest BCUT2D eigenvalue weighted by Crippen LogP contribution is 2.31. The summed E-state index contributed by atoms with van der Waals surface area (Å²) in [7, 11) is 0. The van der Waals surface area contributed by atoms with Crippen molar-refractivity contribution in [2.45, 2.75) is 9.92 Å². The van der Waals surface area contributed by atoms with Gasteiger partial charge in [-0.05, 0) is 18.2 Å². The Morgan fingerprint density at radius 1 is 1.38 bits per heavy atom. The maximum absolute atomic E-state index is 11.4. The van der Waals surface area contributed by atoms with Crippen LogP contribution in [0.15, 0.2) is 49.8 Å². The Morgan fingerprint density at radius 3 is 2.95 bits per heavy atom. The predicted octanol–water partition coefficient (Wildman–Crippen LogP) is 2.03. The van der Waals surface area contributed by atoms with Gasteiger partial charge >= 0.3 is 11.7 Å². The molecule has 0 fully saturated rings. The number of carbonyl (C=O) groups is 1. The fraction of sp³-hybridized carbons (Fsp3) is 0. The molecule has 9 heteroatoms. The number of hydrogen-bond acceptors (Lipinski definition) is 5. The second-order valence-corrected chi connectivity index (χ2v) is 6.01. The number of nitrogens with one attached hydrogen (secondary N) is 1. The fourth-order valence-corrected chi connectivity index (χ4v) is 3.17. The Kier molecular flexibility index (Phi) is 3.52. The van der Waals surface area contributed by atoms with Gasteiger partial charge in [0.2, 0.25) is 0 Å². The van der Waals surface area contributed by atoms with E-state index in [0.29, 0.717) is 15.6 Å². The molecular formula is C12H7BrN4O3S. The first-order valence-corrected chi connectivity index (χ1v) is 7.29. The number of aromatic amines is 1. The van der Waals surface area contributed by atoms with Crippen LogP contribution in [0.25, 0.3) is 5.65 Å². The molecule has 0 saturated carbocycles. The zero-order chi connectivity index (χ0) is 15.0. The molecule has 106 valence electrons. The summed E-state index contributed by atoms with van der Waals surface area (Å²) in [6, 6.07) is 6.50. The molecule has 0 saturated heterocycles. The third-order valence-electron chi connectivity index (χ3n) is 2.67. The Labute approximate surface area is 130 Å². The van der Waals surface area contributed by atoms with E-state index >= 15 is 0 Å². The summed E-state index contributed by atoms with van der Waals surface area (Å²) in [6.07, 6.45) is 1.35. The SMILES string of the molecule is O=C(O)c1ccc(Br)cc1Sc1cc2n[nH]c(=O)n2cn1. The van der Waals surface area contributed by atoms with E-state index in [9.17, 15) is 14.7 Å². The summed E-state index contributed by atoms with van der Waals surface area (Å²) in [5, 5.41) is 15.9. The summed E-state index contributed by atoms with van der Waals surface area (Å²) in [6.45, 7) is 0. The minimum absolute atomic E-state index is 0.185. The van der Waals surface area contributed by atoms with Gasteiger partial charge in [0.1, 0.15) is 11.4 Å². The van der Waals surface area contributed by atoms with Gasteiger partial charge in [0, 0.05) is 15.4 Å². The van der Waals surface area contributed by atoms with Gasteiger partial charge in [-0.15, -0.1) is 0 Å². The van der Waals surface area contributed by atoms with Gasteiger partial charge in [0.15, 0.2) is 5.65 Å². The van der Waals surface area contributed by atoms with Crippen LogP contribution < -0.4 is 5.69 Å². The monoisotopic (exact) mass is 366 g/mol. The molecule has 0 aliphatic heterocycles. The number of halogens is 1. The summed E-state index contributed by atoms with van der Waals surface area (Å²) in [4.78, 5) is 27.2. The average Bonchev–Trinajstić information content (AvgIpc) is 2.80. The van der Waals surface area contributed by atoms with Crippen LogP contribution in [0.3, 0.4) is 0 Å². The highest BCUT2D eigenvalue weighted by atomic mass is 79.9. The van der Waals surface area contributed by atoms with Gasteiger partial charge in [-0.1, -0.05) is 27.7 Å². The smallest absolute Gasteiger partial charge is 0.348 e. The van der Waals surface area contributed by atoms with E-state index in [-0.39, 0.29) is 11.3 Å². The highest BCUT2D eigenvalue weighted by Gasteiger charge is 2.13. The summed E-state index contributed by atoms with van der Waals surface area (Å²) in [5.41, 5.74) is 0.233. The number of carboxylic acids is 1. The average molecular weight is 367 g/mol. The summed E-state index contributed by atoms with van der Waals surface area (Å²) < 4.78 is 2.04. The molecule has 21 heavy (non-hydrogen) atoms. The van der Waals surface area contributed by atoms with E-state index in [1.165, 1.54) is 28.6 Å². The normalized spacial score (nSPS) is 10.9. The zero-order valence-corrected chi connectivity index (χ0v) is 12.7. The molecule has 1 aromatic carbocycles. The highest BCUT2D eigenvalue weighted by molar-refractivity contribution is 9.10. The molecule has 0 spiro atoms. The summed E-state index contributed by atoms with van der Waals surface area (Å²) >= 11 is 4.50. The molecule has 7 nitrogen and oxygen atoms in total.